The van der Waals surface area contributed by atoms with Gasteiger partial charge in [-0.1, -0.05) is 13.8 Å². The van der Waals surface area contributed by atoms with Crippen molar-refractivity contribution in [3.05, 3.63) is 42.2 Å². The molecule has 1 saturated heterocycles. The van der Waals surface area contributed by atoms with Crippen LogP contribution in [0, 0.1) is 5.82 Å². The number of hydrogen-bond acceptors (Lipinski definition) is 5. The number of aromatic nitrogens is 4. The van der Waals surface area contributed by atoms with Crippen molar-refractivity contribution in [3.63, 3.8) is 0 Å². The van der Waals surface area contributed by atoms with E-state index >= 15 is 0 Å². The highest BCUT2D eigenvalue weighted by Gasteiger charge is 2.27. The molecule has 0 bridgehead atoms. The fourth-order valence-corrected chi connectivity index (χ4v) is 4.52. The Balaban J connectivity index is 1.43. The molecule has 2 atom stereocenters. The first-order valence-electron chi connectivity index (χ1n) is 11.3. The van der Waals surface area contributed by atoms with Crippen LogP contribution in [0.3, 0.4) is 0 Å². The second-order valence-electron chi connectivity index (χ2n) is 8.49. The predicted molar refractivity (Wildman–Crippen MR) is 125 cm³/mol. The molecular formula is C24H29FN6O. The first kappa shape index (κ1) is 20.9. The van der Waals surface area contributed by atoms with Gasteiger partial charge in [0.1, 0.15) is 11.5 Å². The molecule has 4 aromatic rings. The van der Waals surface area contributed by atoms with E-state index in [0.29, 0.717) is 29.7 Å². The minimum absolute atomic E-state index is 0.190. The number of H-pyrrole nitrogens is 2. The number of ether oxygens (including phenoxy) is 1. The number of likely N-dealkylation sites (N-methyl/N-ethyl adjacent to an activating group) is 1. The van der Waals surface area contributed by atoms with E-state index in [0.717, 1.165) is 48.3 Å². The Kier molecular flexibility index (Phi) is 5.57. The zero-order chi connectivity index (χ0) is 22.2. The van der Waals surface area contributed by atoms with Crippen LogP contribution in [0.25, 0.3) is 33.5 Å². The summed E-state index contributed by atoms with van der Waals surface area (Å²) in [5.74, 6) is 0.380. The van der Waals surface area contributed by atoms with Crippen LogP contribution < -0.4 is 4.90 Å². The molecule has 0 amide bonds. The number of hydrogen-bond donors (Lipinski definition) is 2. The van der Waals surface area contributed by atoms with Crippen molar-refractivity contribution in [2.45, 2.75) is 32.9 Å². The van der Waals surface area contributed by atoms with Crippen LogP contribution >= 0.6 is 0 Å². The van der Waals surface area contributed by atoms with Crippen molar-refractivity contribution in [2.75, 3.05) is 37.7 Å². The number of morpholine rings is 1. The van der Waals surface area contributed by atoms with Gasteiger partial charge in [0.2, 0.25) is 0 Å². The second kappa shape index (κ2) is 8.52. The summed E-state index contributed by atoms with van der Waals surface area (Å²) in [7, 11) is 0. The normalized spacial score (nSPS) is 19.5. The molecule has 0 unspecified atom stereocenters. The molecular weight excluding hydrogens is 407 g/mol. The molecule has 7 nitrogen and oxygen atoms in total. The molecule has 0 aliphatic carbocycles. The Morgan fingerprint density at radius 2 is 2.00 bits per heavy atom. The molecule has 8 heteroatoms. The molecule has 168 valence electrons. The highest BCUT2D eigenvalue weighted by Crippen LogP contribution is 2.29. The molecule has 32 heavy (non-hydrogen) atoms. The van der Waals surface area contributed by atoms with Gasteiger partial charge in [0.05, 0.1) is 29.3 Å². The average molecular weight is 437 g/mol. The zero-order valence-corrected chi connectivity index (χ0v) is 18.7. The molecule has 1 aliphatic rings. The maximum atomic E-state index is 13.5. The molecule has 1 fully saturated rings. The molecule has 2 N–H and O–H groups in total. The summed E-state index contributed by atoms with van der Waals surface area (Å²) >= 11 is 0. The Morgan fingerprint density at radius 3 is 2.81 bits per heavy atom. The van der Waals surface area contributed by atoms with Crippen LogP contribution in [-0.2, 0) is 4.74 Å². The van der Waals surface area contributed by atoms with Crippen LogP contribution in [0.15, 0.2) is 36.4 Å². The smallest absolute Gasteiger partial charge is 0.159 e. The number of anilines is 1. The Labute approximate surface area is 186 Å². The van der Waals surface area contributed by atoms with E-state index in [1.807, 2.05) is 6.07 Å². The monoisotopic (exact) mass is 436 g/mol. The van der Waals surface area contributed by atoms with Gasteiger partial charge >= 0.3 is 0 Å². The molecule has 3 heterocycles. The number of imidazole rings is 1. The molecule has 0 radical (unpaired) electrons. The third kappa shape index (κ3) is 3.84. The van der Waals surface area contributed by atoms with Crippen molar-refractivity contribution in [1.82, 2.24) is 25.1 Å². The maximum Gasteiger partial charge on any atom is 0.159 e. The number of nitrogens with one attached hydrogen (secondary N) is 2. The van der Waals surface area contributed by atoms with Crippen molar-refractivity contribution in [1.29, 1.82) is 0 Å². The van der Waals surface area contributed by atoms with Gasteiger partial charge in [-0.3, -0.25) is 5.10 Å². The summed E-state index contributed by atoms with van der Waals surface area (Å²) in [5, 5.41) is 8.10. The highest BCUT2D eigenvalue weighted by atomic mass is 19.1. The van der Waals surface area contributed by atoms with E-state index in [2.05, 4.69) is 57.9 Å². The SMILES string of the molecule is CCN(CC)C[C@H]1CN(c2ccc3nc(-c4n[nH]c5cc(F)ccc45)[nH]c3c2)[C@H](C)CO1. The summed E-state index contributed by atoms with van der Waals surface area (Å²) in [5.41, 5.74) is 4.33. The summed E-state index contributed by atoms with van der Waals surface area (Å²) in [6, 6.07) is 11.2. The molecule has 2 aromatic heterocycles. The van der Waals surface area contributed by atoms with E-state index in [9.17, 15) is 4.39 Å². The first-order chi connectivity index (χ1) is 15.6. The number of aromatic amines is 2. The first-order valence-corrected chi connectivity index (χ1v) is 11.3. The third-order valence-electron chi connectivity index (χ3n) is 6.41. The molecule has 2 aromatic carbocycles. The number of nitrogens with zero attached hydrogens (tertiary/aromatic N) is 4. The van der Waals surface area contributed by atoms with Crippen LogP contribution in [0.4, 0.5) is 10.1 Å². The largest absolute Gasteiger partial charge is 0.373 e. The molecule has 0 saturated carbocycles. The minimum Gasteiger partial charge on any atom is -0.373 e. The summed E-state index contributed by atoms with van der Waals surface area (Å²) < 4.78 is 19.6. The maximum absolute atomic E-state index is 13.5. The standard InChI is InChI=1S/C24H29FN6O/c1-4-30(5-2)12-18-13-31(15(3)14-32-18)17-7-9-20-22(11-17)27-24(26-20)23-19-8-6-16(25)10-21(19)28-29-23/h6-11,15,18H,4-5,12-14H2,1-3H3,(H,26,27)(H,28,29)/t15-,18+/m1/s1. The van der Waals surface area contributed by atoms with Crippen LogP contribution in [0.2, 0.25) is 0 Å². The van der Waals surface area contributed by atoms with Crippen molar-refractivity contribution in [2.24, 2.45) is 0 Å². The van der Waals surface area contributed by atoms with Crippen molar-refractivity contribution >= 4 is 27.6 Å². The Bertz CT molecular complexity index is 1230. The van der Waals surface area contributed by atoms with Gasteiger partial charge in [-0.25, -0.2) is 9.37 Å². The number of benzene rings is 2. The van der Waals surface area contributed by atoms with Crippen LogP contribution in [0.5, 0.6) is 0 Å². The zero-order valence-electron chi connectivity index (χ0n) is 18.7. The number of fused-ring (bicyclic) bond motifs is 2. The van der Waals surface area contributed by atoms with E-state index in [1.54, 1.807) is 6.07 Å². The molecule has 1 aliphatic heterocycles. The van der Waals surface area contributed by atoms with Gasteiger partial charge in [-0.2, -0.15) is 5.10 Å². The molecule has 5 rings (SSSR count). The van der Waals surface area contributed by atoms with Crippen molar-refractivity contribution < 1.29 is 9.13 Å². The predicted octanol–water partition coefficient (Wildman–Crippen LogP) is 4.18. The lowest BCUT2D eigenvalue weighted by Crippen LogP contribution is -2.52. The van der Waals surface area contributed by atoms with E-state index < -0.39 is 0 Å². The molecule has 0 spiro atoms. The topological polar surface area (TPSA) is 73.1 Å². The fourth-order valence-electron chi connectivity index (χ4n) is 4.52. The van der Waals surface area contributed by atoms with Gasteiger partial charge in [0.15, 0.2) is 5.82 Å². The van der Waals surface area contributed by atoms with E-state index in [4.69, 9.17) is 9.72 Å². The Morgan fingerprint density at radius 1 is 1.16 bits per heavy atom. The summed E-state index contributed by atoms with van der Waals surface area (Å²) in [6.45, 7) is 11.2. The van der Waals surface area contributed by atoms with Gasteiger partial charge in [0, 0.05) is 30.2 Å². The Hall–Kier alpha value is -2.97. The van der Waals surface area contributed by atoms with Crippen LogP contribution in [-0.4, -0.2) is 70.0 Å². The number of halogens is 1. The third-order valence-corrected chi connectivity index (χ3v) is 6.41. The summed E-state index contributed by atoms with van der Waals surface area (Å²) in [6.07, 6.45) is 0.190. The van der Waals surface area contributed by atoms with Crippen LogP contribution in [0.1, 0.15) is 20.8 Å². The van der Waals surface area contributed by atoms with Gasteiger partial charge in [0.25, 0.3) is 0 Å². The minimum atomic E-state index is -0.291. The lowest BCUT2D eigenvalue weighted by atomic mass is 10.1. The fraction of sp³-hybridized carbons (Fsp3) is 0.417. The quantitative estimate of drug-likeness (QED) is 0.474. The van der Waals surface area contributed by atoms with E-state index in [-0.39, 0.29) is 11.9 Å². The number of rotatable bonds is 6. The van der Waals surface area contributed by atoms with E-state index in [1.165, 1.54) is 12.1 Å². The highest BCUT2D eigenvalue weighted by molar-refractivity contribution is 5.93. The lowest BCUT2D eigenvalue weighted by Gasteiger charge is -2.41. The van der Waals surface area contributed by atoms with Crippen molar-refractivity contribution in [3.8, 4) is 11.5 Å². The lowest BCUT2D eigenvalue weighted by molar-refractivity contribution is 0.00265. The average Bonchev–Trinajstić information content (AvgIpc) is 3.41. The summed E-state index contributed by atoms with van der Waals surface area (Å²) in [4.78, 5) is 13.0. The van der Waals surface area contributed by atoms with Gasteiger partial charge in [-0.05, 0) is 56.4 Å². The van der Waals surface area contributed by atoms with Gasteiger partial charge < -0.3 is 19.5 Å². The second-order valence-corrected chi connectivity index (χ2v) is 8.49. The van der Waals surface area contributed by atoms with Gasteiger partial charge in [-0.15, -0.1) is 0 Å².